The molecule has 0 bridgehead atoms. The second-order valence-corrected chi connectivity index (χ2v) is 9.17. The lowest BCUT2D eigenvalue weighted by Crippen LogP contribution is -1.62. The van der Waals surface area contributed by atoms with Gasteiger partial charge in [0.15, 0.2) is 0 Å². The summed E-state index contributed by atoms with van der Waals surface area (Å²) in [6.07, 6.45) is 6.69. The summed E-state index contributed by atoms with van der Waals surface area (Å²) in [4.78, 5) is 3.92. The predicted molar refractivity (Wildman–Crippen MR) is 107 cm³/mol. The zero-order chi connectivity index (χ0) is 15.0. The van der Waals surface area contributed by atoms with Crippen molar-refractivity contribution in [3.05, 3.63) is 84.6 Å². The van der Waals surface area contributed by atoms with Gasteiger partial charge in [-0.3, -0.25) is 0 Å². The van der Waals surface area contributed by atoms with Gasteiger partial charge in [0.2, 0.25) is 0 Å². The van der Waals surface area contributed by atoms with Crippen LogP contribution >= 0.6 is 41.9 Å². The number of thiophene rings is 3. The van der Waals surface area contributed by atoms with E-state index < -0.39 is 7.92 Å². The van der Waals surface area contributed by atoms with E-state index in [1.165, 1.54) is 14.6 Å². The zero-order valence-electron chi connectivity index (χ0n) is 11.8. The normalized spacial score (nSPS) is 13.6. The summed E-state index contributed by atoms with van der Waals surface area (Å²) in [6.45, 7) is 0. The summed E-state index contributed by atoms with van der Waals surface area (Å²) in [5, 5.41) is 6.35. The Balaban J connectivity index is 1.75. The van der Waals surface area contributed by atoms with Crippen LogP contribution in [0, 0.1) is 0 Å². The third kappa shape index (κ3) is 4.89. The van der Waals surface area contributed by atoms with E-state index in [1.807, 2.05) is 0 Å². The average Bonchev–Trinajstić information content (AvgIpc) is 3.29. The molecule has 0 amide bonds. The van der Waals surface area contributed by atoms with Gasteiger partial charge >= 0.3 is 0 Å². The molecule has 0 radical (unpaired) electrons. The molecule has 4 heteroatoms. The van der Waals surface area contributed by atoms with Gasteiger partial charge in [-0.05, 0) is 60.5 Å². The molecular weight excluding hydrogens is 343 g/mol. The average molecular weight is 358 g/mol. The van der Waals surface area contributed by atoms with Gasteiger partial charge in [0, 0.05) is 14.6 Å². The maximum absolute atomic E-state index is 2.31. The molecule has 22 heavy (non-hydrogen) atoms. The highest BCUT2D eigenvalue weighted by Gasteiger charge is 1.97. The lowest BCUT2D eigenvalue weighted by molar-refractivity contribution is 1.95. The Morgan fingerprint density at radius 1 is 0.591 bits per heavy atom. The Labute approximate surface area is 144 Å². The molecule has 110 valence electrons. The maximum Gasteiger partial charge on any atom is 0.0270 e. The van der Waals surface area contributed by atoms with Crippen LogP contribution in [0.5, 0.6) is 0 Å². The molecule has 3 rings (SSSR count). The quantitative estimate of drug-likeness (QED) is 0.397. The third-order valence-electron chi connectivity index (χ3n) is 2.86. The fourth-order valence-electron chi connectivity index (χ4n) is 1.79. The van der Waals surface area contributed by atoms with Crippen molar-refractivity contribution in [1.82, 2.24) is 0 Å². The Morgan fingerprint density at radius 3 is 1.23 bits per heavy atom. The van der Waals surface area contributed by atoms with Gasteiger partial charge in [-0.1, -0.05) is 35.7 Å². The molecule has 3 aromatic heterocycles. The minimum Gasteiger partial charge on any atom is -0.144 e. The van der Waals surface area contributed by atoms with E-state index in [0.717, 1.165) is 0 Å². The van der Waals surface area contributed by atoms with Crippen LogP contribution in [0.2, 0.25) is 0 Å². The Bertz CT molecular complexity index is 627. The largest absolute Gasteiger partial charge is 0.144 e. The van der Waals surface area contributed by atoms with Crippen molar-refractivity contribution in [2.24, 2.45) is 0 Å². The van der Waals surface area contributed by atoms with Crippen molar-refractivity contribution in [1.29, 1.82) is 0 Å². The molecule has 3 heterocycles. The standard InChI is InChI=1S/C18H15PS3/c1-4-16(20-13-1)7-10-19(11-8-17-5-2-14-21-17)12-9-18-6-3-15-22-18/h1-15H. The van der Waals surface area contributed by atoms with Crippen LogP contribution in [-0.4, -0.2) is 0 Å². The molecule has 0 aromatic carbocycles. The van der Waals surface area contributed by atoms with E-state index in [0.29, 0.717) is 0 Å². The molecule has 0 spiro atoms. The number of rotatable bonds is 6. The molecule has 0 atom stereocenters. The van der Waals surface area contributed by atoms with Crippen LogP contribution < -0.4 is 0 Å². The summed E-state index contributed by atoms with van der Waals surface area (Å²) in [7, 11) is -0.397. The summed E-state index contributed by atoms with van der Waals surface area (Å²) >= 11 is 5.33. The first kappa shape index (κ1) is 15.6. The Hall–Kier alpha value is -1.25. The van der Waals surface area contributed by atoms with Gasteiger partial charge in [-0.25, -0.2) is 0 Å². The first-order valence-corrected chi connectivity index (χ1v) is 11.0. The molecule has 0 fully saturated rings. The van der Waals surface area contributed by atoms with Gasteiger partial charge in [0.1, 0.15) is 0 Å². The van der Waals surface area contributed by atoms with Crippen LogP contribution in [0.4, 0.5) is 0 Å². The van der Waals surface area contributed by atoms with Crippen LogP contribution in [0.25, 0.3) is 18.2 Å². The first-order chi connectivity index (χ1) is 10.9. The highest BCUT2D eigenvalue weighted by Crippen LogP contribution is 2.43. The van der Waals surface area contributed by atoms with Crippen LogP contribution in [0.15, 0.2) is 70.0 Å². The Morgan fingerprint density at radius 2 is 0.955 bits per heavy atom. The fourth-order valence-corrected chi connectivity index (χ4v) is 5.24. The highest BCUT2D eigenvalue weighted by molar-refractivity contribution is 7.67. The minimum absolute atomic E-state index is 0.397. The predicted octanol–water partition coefficient (Wildman–Crippen LogP) is 7.67. The summed E-state index contributed by atoms with van der Waals surface area (Å²) in [5.41, 5.74) is 0. The summed E-state index contributed by atoms with van der Waals surface area (Å²) in [5.74, 6) is 6.94. The maximum atomic E-state index is 2.31. The van der Waals surface area contributed by atoms with E-state index in [-0.39, 0.29) is 0 Å². The van der Waals surface area contributed by atoms with E-state index in [4.69, 9.17) is 0 Å². The molecule has 0 N–H and O–H groups in total. The first-order valence-electron chi connectivity index (χ1n) is 6.83. The van der Waals surface area contributed by atoms with Crippen molar-refractivity contribution in [2.45, 2.75) is 0 Å². The molecular formula is C18H15PS3. The molecule has 0 nitrogen and oxygen atoms in total. The van der Waals surface area contributed by atoms with Crippen molar-refractivity contribution in [3.8, 4) is 0 Å². The third-order valence-corrected chi connectivity index (χ3v) is 6.86. The van der Waals surface area contributed by atoms with E-state index in [1.54, 1.807) is 34.0 Å². The van der Waals surface area contributed by atoms with Crippen molar-refractivity contribution in [2.75, 3.05) is 0 Å². The fraction of sp³-hybridized carbons (Fsp3) is 0. The number of hydrogen-bond donors (Lipinski definition) is 0. The molecule has 0 aliphatic rings. The molecule has 0 saturated heterocycles. The van der Waals surface area contributed by atoms with Gasteiger partial charge in [-0.15, -0.1) is 34.0 Å². The van der Waals surface area contributed by atoms with Gasteiger partial charge in [0.25, 0.3) is 0 Å². The van der Waals surface area contributed by atoms with Crippen molar-refractivity contribution >= 4 is 60.2 Å². The van der Waals surface area contributed by atoms with E-state index in [9.17, 15) is 0 Å². The topological polar surface area (TPSA) is 0 Å². The van der Waals surface area contributed by atoms with Gasteiger partial charge < -0.3 is 0 Å². The Kier molecular flexibility index (Phi) is 5.97. The van der Waals surface area contributed by atoms with E-state index >= 15 is 0 Å². The lowest BCUT2D eigenvalue weighted by atomic mass is 10.5. The van der Waals surface area contributed by atoms with Crippen LogP contribution in [-0.2, 0) is 0 Å². The lowest BCUT2D eigenvalue weighted by Gasteiger charge is -2.01. The summed E-state index contributed by atoms with van der Waals surface area (Å²) < 4.78 is 0. The minimum atomic E-state index is -0.397. The van der Waals surface area contributed by atoms with Crippen molar-refractivity contribution < 1.29 is 0 Å². The SMILES string of the molecule is C(=CP(C=Cc1cccs1)C=Cc1cccs1)c1cccs1. The van der Waals surface area contributed by atoms with E-state index in [2.05, 4.69) is 88.2 Å². The zero-order valence-corrected chi connectivity index (χ0v) is 15.2. The molecule has 0 aliphatic carbocycles. The van der Waals surface area contributed by atoms with Crippen LogP contribution in [0.3, 0.4) is 0 Å². The summed E-state index contributed by atoms with van der Waals surface area (Å²) in [6, 6.07) is 12.7. The molecule has 0 saturated carbocycles. The molecule has 0 aliphatic heterocycles. The van der Waals surface area contributed by atoms with Crippen molar-refractivity contribution in [3.63, 3.8) is 0 Å². The second kappa shape index (κ2) is 8.40. The molecule has 3 aromatic rings. The number of hydrogen-bond acceptors (Lipinski definition) is 3. The smallest absolute Gasteiger partial charge is 0.0270 e. The monoisotopic (exact) mass is 358 g/mol. The second-order valence-electron chi connectivity index (χ2n) is 4.44. The van der Waals surface area contributed by atoms with Crippen LogP contribution in [0.1, 0.15) is 14.6 Å². The van der Waals surface area contributed by atoms with Gasteiger partial charge in [0.05, 0.1) is 0 Å². The highest BCUT2D eigenvalue weighted by atomic mass is 32.1. The van der Waals surface area contributed by atoms with Gasteiger partial charge in [-0.2, -0.15) is 0 Å². The molecule has 0 unspecified atom stereocenters.